The van der Waals surface area contributed by atoms with Gasteiger partial charge in [0.1, 0.15) is 0 Å². The second-order valence-electron chi connectivity index (χ2n) is 7.30. The Hall–Kier alpha value is -3.45. The third-order valence-corrected chi connectivity index (χ3v) is 5.71. The Kier molecular flexibility index (Phi) is 3.00. The van der Waals surface area contributed by atoms with E-state index in [0.717, 1.165) is 6.54 Å². The molecular formula is C26H18N+. The van der Waals surface area contributed by atoms with Crippen LogP contribution in [0.4, 0.5) is 0 Å². The molecule has 1 aromatic heterocycles. The van der Waals surface area contributed by atoms with E-state index in [2.05, 4.69) is 102 Å². The zero-order valence-corrected chi connectivity index (χ0v) is 14.9. The highest BCUT2D eigenvalue weighted by atomic mass is 15.0. The van der Waals surface area contributed by atoms with Crippen molar-refractivity contribution < 1.29 is 4.57 Å². The number of nitrogens with zero attached hydrogens (tertiary/aromatic N) is 1. The molecule has 0 bridgehead atoms. The highest BCUT2D eigenvalue weighted by molar-refractivity contribution is 5.90. The van der Waals surface area contributed by atoms with Crippen molar-refractivity contribution in [3.8, 4) is 22.4 Å². The van der Waals surface area contributed by atoms with Crippen LogP contribution in [0.3, 0.4) is 0 Å². The number of fused-ring (bicyclic) bond motifs is 6. The molecule has 1 aliphatic rings. The molecule has 0 atom stereocenters. The largest absolute Gasteiger partial charge is 0.213 e. The Balaban J connectivity index is 1.54. The average molecular weight is 344 g/mol. The molecule has 4 aromatic carbocycles. The highest BCUT2D eigenvalue weighted by Gasteiger charge is 2.28. The van der Waals surface area contributed by atoms with E-state index >= 15 is 0 Å². The van der Waals surface area contributed by atoms with Gasteiger partial charge in [-0.1, -0.05) is 54.6 Å². The summed E-state index contributed by atoms with van der Waals surface area (Å²) in [5.74, 6) is 0. The van der Waals surface area contributed by atoms with Crippen LogP contribution in [0.5, 0.6) is 0 Å². The van der Waals surface area contributed by atoms with Crippen molar-refractivity contribution >= 4 is 21.7 Å². The van der Waals surface area contributed by atoms with Crippen molar-refractivity contribution in [3.63, 3.8) is 0 Å². The van der Waals surface area contributed by atoms with Crippen LogP contribution in [0.15, 0.2) is 97.1 Å². The molecule has 27 heavy (non-hydrogen) atoms. The topological polar surface area (TPSA) is 3.88 Å². The van der Waals surface area contributed by atoms with Gasteiger partial charge in [0.25, 0.3) is 0 Å². The second-order valence-corrected chi connectivity index (χ2v) is 7.30. The first-order valence-electron chi connectivity index (χ1n) is 9.41. The van der Waals surface area contributed by atoms with Crippen molar-refractivity contribution in [1.82, 2.24) is 0 Å². The van der Waals surface area contributed by atoms with Gasteiger partial charge in [-0.3, -0.25) is 0 Å². The van der Waals surface area contributed by atoms with Gasteiger partial charge in [0.2, 0.25) is 11.2 Å². The van der Waals surface area contributed by atoms with Crippen LogP contribution in [-0.2, 0) is 6.54 Å². The number of pyridine rings is 1. The molecule has 1 nitrogen and oxygen atoms in total. The molecule has 126 valence electrons. The maximum Gasteiger partial charge on any atom is 0.213 e. The van der Waals surface area contributed by atoms with Gasteiger partial charge >= 0.3 is 0 Å². The maximum absolute atomic E-state index is 2.45. The number of hydrogen-bond acceptors (Lipinski definition) is 0. The van der Waals surface area contributed by atoms with Crippen LogP contribution in [0.25, 0.3) is 44.1 Å². The standard InChI is InChI=1S/C26H18N/c1-2-6-18(7-3-1)21-10-12-25-22(14-21)11-13-26-24-16-20-9-5-4-8-19(20)15-23(24)17-27(25)26/h1-16H,17H2/q+1. The van der Waals surface area contributed by atoms with Gasteiger partial charge in [0, 0.05) is 23.1 Å². The zero-order valence-electron chi connectivity index (χ0n) is 14.9. The summed E-state index contributed by atoms with van der Waals surface area (Å²) in [6, 6.07) is 35.3. The maximum atomic E-state index is 2.45. The molecule has 2 heterocycles. The summed E-state index contributed by atoms with van der Waals surface area (Å²) < 4.78 is 2.45. The number of hydrogen-bond donors (Lipinski definition) is 0. The lowest BCUT2D eigenvalue weighted by Gasteiger charge is -2.04. The first-order valence-corrected chi connectivity index (χ1v) is 9.41. The SMILES string of the molecule is c1ccc(-c2ccc3c(ccc4[n+]3Cc3cc5ccccc5cc3-4)c2)cc1. The number of aromatic nitrogens is 1. The number of benzene rings is 4. The lowest BCUT2D eigenvalue weighted by Crippen LogP contribution is -2.33. The van der Waals surface area contributed by atoms with Crippen molar-refractivity contribution in [2.45, 2.75) is 6.54 Å². The minimum absolute atomic E-state index is 0.942. The summed E-state index contributed by atoms with van der Waals surface area (Å²) in [5.41, 5.74) is 7.92. The number of rotatable bonds is 1. The van der Waals surface area contributed by atoms with Crippen molar-refractivity contribution in [1.29, 1.82) is 0 Å². The molecule has 6 rings (SSSR count). The smallest absolute Gasteiger partial charge is 0.187 e. The van der Waals surface area contributed by atoms with Gasteiger partial charge in [-0.2, -0.15) is 4.57 Å². The molecule has 0 aliphatic carbocycles. The van der Waals surface area contributed by atoms with E-state index < -0.39 is 0 Å². The molecule has 0 saturated carbocycles. The van der Waals surface area contributed by atoms with Crippen LogP contribution in [0, 0.1) is 0 Å². The molecule has 0 fully saturated rings. The van der Waals surface area contributed by atoms with Crippen molar-refractivity contribution in [2.75, 3.05) is 0 Å². The average Bonchev–Trinajstić information content (AvgIpc) is 3.10. The molecule has 1 aliphatic heterocycles. The fraction of sp³-hybridized carbons (Fsp3) is 0.0385. The van der Waals surface area contributed by atoms with Crippen LogP contribution < -0.4 is 4.57 Å². The van der Waals surface area contributed by atoms with Gasteiger partial charge in [-0.25, -0.2) is 0 Å². The van der Waals surface area contributed by atoms with Crippen LogP contribution in [0.1, 0.15) is 5.56 Å². The molecule has 0 radical (unpaired) electrons. The predicted octanol–water partition coefficient (Wildman–Crippen LogP) is 5.98. The van der Waals surface area contributed by atoms with E-state index in [4.69, 9.17) is 0 Å². The normalized spacial score (nSPS) is 12.3. The summed E-state index contributed by atoms with van der Waals surface area (Å²) in [5, 5.41) is 3.92. The Morgan fingerprint density at radius 2 is 1.33 bits per heavy atom. The van der Waals surface area contributed by atoms with Gasteiger partial charge in [0.05, 0.1) is 5.56 Å². The second kappa shape index (κ2) is 5.52. The Morgan fingerprint density at radius 1 is 0.556 bits per heavy atom. The van der Waals surface area contributed by atoms with Crippen LogP contribution in [0.2, 0.25) is 0 Å². The quantitative estimate of drug-likeness (QED) is 0.323. The molecule has 0 unspecified atom stereocenters. The Bertz CT molecular complexity index is 1330. The summed E-state index contributed by atoms with van der Waals surface area (Å²) in [6.45, 7) is 0.942. The summed E-state index contributed by atoms with van der Waals surface area (Å²) in [4.78, 5) is 0. The molecule has 0 amide bonds. The van der Waals surface area contributed by atoms with Crippen molar-refractivity contribution in [3.05, 3.63) is 103 Å². The lowest BCUT2D eigenvalue weighted by atomic mass is 10.0. The van der Waals surface area contributed by atoms with E-state index in [1.807, 2.05) is 0 Å². The molecular weight excluding hydrogens is 326 g/mol. The minimum atomic E-state index is 0.942. The molecule has 0 N–H and O–H groups in total. The van der Waals surface area contributed by atoms with Gasteiger partial charge in [-0.15, -0.1) is 0 Å². The van der Waals surface area contributed by atoms with E-state index in [1.54, 1.807) is 0 Å². The van der Waals surface area contributed by atoms with E-state index in [0.29, 0.717) is 0 Å². The lowest BCUT2D eigenvalue weighted by molar-refractivity contribution is -0.645. The van der Waals surface area contributed by atoms with E-state index in [-0.39, 0.29) is 0 Å². The van der Waals surface area contributed by atoms with Crippen LogP contribution in [-0.4, -0.2) is 0 Å². The predicted molar refractivity (Wildman–Crippen MR) is 112 cm³/mol. The van der Waals surface area contributed by atoms with Gasteiger partial charge < -0.3 is 0 Å². The van der Waals surface area contributed by atoms with E-state index in [1.165, 1.54) is 49.6 Å². The van der Waals surface area contributed by atoms with Gasteiger partial charge in [-0.05, 0) is 52.2 Å². The third-order valence-electron chi connectivity index (χ3n) is 5.71. The van der Waals surface area contributed by atoms with Gasteiger partial charge in [0.15, 0.2) is 6.54 Å². The summed E-state index contributed by atoms with van der Waals surface area (Å²) >= 11 is 0. The highest BCUT2D eigenvalue weighted by Crippen LogP contribution is 2.33. The van der Waals surface area contributed by atoms with Crippen molar-refractivity contribution in [2.24, 2.45) is 0 Å². The third kappa shape index (κ3) is 2.22. The summed E-state index contributed by atoms with van der Waals surface area (Å²) in [6.07, 6.45) is 0. The monoisotopic (exact) mass is 344 g/mol. The molecule has 0 spiro atoms. The van der Waals surface area contributed by atoms with E-state index in [9.17, 15) is 0 Å². The fourth-order valence-corrected chi connectivity index (χ4v) is 4.37. The Labute approximate surface area is 158 Å². The molecule has 5 aromatic rings. The Morgan fingerprint density at radius 3 is 2.19 bits per heavy atom. The summed E-state index contributed by atoms with van der Waals surface area (Å²) in [7, 11) is 0. The minimum Gasteiger partial charge on any atom is -0.187 e. The molecule has 1 heteroatoms. The first-order chi connectivity index (χ1) is 13.4. The molecule has 0 saturated heterocycles. The van der Waals surface area contributed by atoms with Crippen LogP contribution >= 0.6 is 0 Å². The fourth-order valence-electron chi connectivity index (χ4n) is 4.37. The first kappa shape index (κ1) is 14.7. The zero-order chi connectivity index (χ0) is 17.8.